The van der Waals surface area contributed by atoms with Gasteiger partial charge in [-0.2, -0.15) is 10.2 Å². The zero-order valence-corrected chi connectivity index (χ0v) is 12.2. The van der Waals surface area contributed by atoms with E-state index < -0.39 is 5.97 Å². The van der Waals surface area contributed by atoms with E-state index in [0.717, 1.165) is 29.8 Å². The van der Waals surface area contributed by atoms with E-state index in [9.17, 15) is 9.90 Å². The molecular weight excluding hydrogens is 268 g/mol. The van der Waals surface area contributed by atoms with Crippen LogP contribution in [0.1, 0.15) is 59.9 Å². The Morgan fingerprint density at radius 2 is 2.10 bits per heavy atom. The van der Waals surface area contributed by atoms with Gasteiger partial charge in [0.1, 0.15) is 5.56 Å². The molecule has 21 heavy (non-hydrogen) atoms. The molecule has 0 amide bonds. The predicted octanol–water partition coefficient (Wildman–Crippen LogP) is 2.36. The Morgan fingerprint density at radius 1 is 1.33 bits per heavy atom. The average molecular weight is 286 g/mol. The predicted molar refractivity (Wildman–Crippen MR) is 76.8 cm³/mol. The summed E-state index contributed by atoms with van der Waals surface area (Å²) in [5, 5.41) is 22.3. The summed E-state index contributed by atoms with van der Waals surface area (Å²) in [5.74, 6) is -0.147. The van der Waals surface area contributed by atoms with Crippen molar-refractivity contribution in [3.8, 4) is 5.82 Å². The highest BCUT2D eigenvalue weighted by Crippen LogP contribution is 2.39. The van der Waals surface area contributed by atoms with Crippen LogP contribution in [-0.2, 0) is 12.8 Å². The summed E-state index contributed by atoms with van der Waals surface area (Å²) >= 11 is 0. The van der Waals surface area contributed by atoms with E-state index in [2.05, 4.69) is 15.3 Å². The van der Waals surface area contributed by atoms with Crippen LogP contribution in [0.25, 0.3) is 5.82 Å². The smallest absolute Gasteiger partial charge is 0.339 e. The van der Waals surface area contributed by atoms with E-state index in [1.54, 1.807) is 10.9 Å². The van der Waals surface area contributed by atoms with Gasteiger partial charge in [0, 0.05) is 12.1 Å². The van der Waals surface area contributed by atoms with Crippen molar-refractivity contribution in [3.05, 3.63) is 34.8 Å². The first-order valence-corrected chi connectivity index (χ1v) is 7.33. The van der Waals surface area contributed by atoms with E-state index >= 15 is 0 Å². The first-order chi connectivity index (χ1) is 10.2. The standard InChI is InChI=1S/C15H18N4O2/c1-3-10-11(4-2)16-17-14(13(10)15(20)21)19-8-7-12(18-19)9-5-6-9/h7-9H,3-6H2,1-2H3,(H,20,21). The summed E-state index contributed by atoms with van der Waals surface area (Å²) in [4.78, 5) is 11.7. The summed E-state index contributed by atoms with van der Waals surface area (Å²) in [6, 6.07) is 1.93. The van der Waals surface area contributed by atoms with Gasteiger partial charge in [-0.05, 0) is 37.3 Å². The fourth-order valence-electron chi connectivity index (χ4n) is 2.60. The molecule has 0 aliphatic heterocycles. The third-order valence-electron chi connectivity index (χ3n) is 3.86. The number of carboxylic acids is 1. The molecule has 0 spiro atoms. The number of rotatable bonds is 5. The summed E-state index contributed by atoms with van der Waals surface area (Å²) < 4.78 is 1.54. The maximum absolute atomic E-state index is 11.7. The van der Waals surface area contributed by atoms with Gasteiger partial charge in [0.25, 0.3) is 0 Å². The summed E-state index contributed by atoms with van der Waals surface area (Å²) in [6.45, 7) is 3.89. The Balaban J connectivity index is 2.13. The highest BCUT2D eigenvalue weighted by Gasteiger charge is 2.27. The molecule has 2 heterocycles. The quantitative estimate of drug-likeness (QED) is 0.912. The fraction of sp³-hybridized carbons (Fsp3) is 0.467. The van der Waals surface area contributed by atoms with Gasteiger partial charge >= 0.3 is 5.97 Å². The van der Waals surface area contributed by atoms with Crippen LogP contribution in [0.15, 0.2) is 12.3 Å². The molecule has 2 aromatic rings. The van der Waals surface area contributed by atoms with Crippen molar-refractivity contribution in [2.75, 3.05) is 0 Å². The van der Waals surface area contributed by atoms with Gasteiger partial charge < -0.3 is 5.11 Å². The van der Waals surface area contributed by atoms with Gasteiger partial charge in [0.05, 0.1) is 11.4 Å². The fourth-order valence-corrected chi connectivity index (χ4v) is 2.60. The third-order valence-corrected chi connectivity index (χ3v) is 3.86. The van der Waals surface area contributed by atoms with Crippen molar-refractivity contribution in [1.29, 1.82) is 0 Å². The molecule has 2 aromatic heterocycles. The summed E-state index contributed by atoms with van der Waals surface area (Å²) in [5.41, 5.74) is 2.72. The molecule has 0 bridgehead atoms. The zero-order valence-electron chi connectivity index (χ0n) is 12.2. The molecule has 1 N–H and O–H groups in total. The summed E-state index contributed by atoms with van der Waals surface area (Å²) in [7, 11) is 0. The Kier molecular flexibility index (Phi) is 3.45. The molecule has 0 saturated heterocycles. The number of aromatic carboxylic acids is 1. The number of hydrogen-bond donors (Lipinski definition) is 1. The van der Waals surface area contributed by atoms with Gasteiger partial charge in [-0.3, -0.25) is 0 Å². The minimum atomic E-state index is -0.977. The van der Waals surface area contributed by atoms with E-state index in [0.29, 0.717) is 24.6 Å². The van der Waals surface area contributed by atoms with Crippen molar-refractivity contribution in [1.82, 2.24) is 20.0 Å². The molecular formula is C15H18N4O2. The molecule has 110 valence electrons. The largest absolute Gasteiger partial charge is 0.478 e. The van der Waals surface area contributed by atoms with Gasteiger partial charge in [-0.1, -0.05) is 13.8 Å². The average Bonchev–Trinajstić information content (AvgIpc) is 3.23. The molecule has 0 aromatic carbocycles. The molecule has 0 radical (unpaired) electrons. The molecule has 1 aliphatic carbocycles. The first kappa shape index (κ1) is 13.7. The highest BCUT2D eigenvalue weighted by molar-refractivity contribution is 5.93. The topological polar surface area (TPSA) is 80.9 Å². The van der Waals surface area contributed by atoms with Gasteiger partial charge in [0.2, 0.25) is 0 Å². The second kappa shape index (κ2) is 5.27. The van der Waals surface area contributed by atoms with E-state index in [1.807, 2.05) is 19.9 Å². The molecule has 1 saturated carbocycles. The second-order valence-electron chi connectivity index (χ2n) is 5.30. The lowest BCUT2D eigenvalue weighted by molar-refractivity contribution is 0.0694. The van der Waals surface area contributed by atoms with Crippen LogP contribution < -0.4 is 0 Å². The van der Waals surface area contributed by atoms with Crippen LogP contribution in [0.3, 0.4) is 0 Å². The monoisotopic (exact) mass is 286 g/mol. The first-order valence-electron chi connectivity index (χ1n) is 7.33. The summed E-state index contributed by atoms with van der Waals surface area (Å²) in [6.07, 6.45) is 5.37. The third kappa shape index (κ3) is 2.41. The van der Waals surface area contributed by atoms with Crippen LogP contribution in [-0.4, -0.2) is 31.1 Å². The van der Waals surface area contributed by atoms with Crippen molar-refractivity contribution >= 4 is 5.97 Å². The van der Waals surface area contributed by atoms with Crippen molar-refractivity contribution in [3.63, 3.8) is 0 Å². The Morgan fingerprint density at radius 3 is 2.67 bits per heavy atom. The van der Waals surface area contributed by atoms with Crippen LogP contribution in [0.4, 0.5) is 0 Å². The van der Waals surface area contributed by atoms with Crippen molar-refractivity contribution < 1.29 is 9.90 Å². The van der Waals surface area contributed by atoms with E-state index in [4.69, 9.17) is 0 Å². The Bertz CT molecular complexity index is 689. The minimum absolute atomic E-state index is 0.217. The highest BCUT2D eigenvalue weighted by atomic mass is 16.4. The molecule has 6 nitrogen and oxygen atoms in total. The van der Waals surface area contributed by atoms with E-state index in [-0.39, 0.29) is 5.56 Å². The molecule has 6 heteroatoms. The SMILES string of the molecule is CCc1nnc(-n2ccc(C3CC3)n2)c(C(=O)O)c1CC. The van der Waals surface area contributed by atoms with Crippen LogP contribution in [0.2, 0.25) is 0 Å². The van der Waals surface area contributed by atoms with Crippen LogP contribution >= 0.6 is 0 Å². The molecule has 0 atom stereocenters. The molecule has 1 fully saturated rings. The lowest BCUT2D eigenvalue weighted by Gasteiger charge is -2.12. The number of carbonyl (C=O) groups is 1. The zero-order chi connectivity index (χ0) is 15.0. The lowest BCUT2D eigenvalue weighted by Crippen LogP contribution is -2.16. The Hall–Kier alpha value is -2.24. The number of carboxylic acid groups (broad SMARTS) is 1. The molecule has 0 unspecified atom stereocenters. The molecule has 3 rings (SSSR count). The van der Waals surface area contributed by atoms with Gasteiger partial charge in [-0.25, -0.2) is 9.48 Å². The maximum Gasteiger partial charge on any atom is 0.339 e. The van der Waals surface area contributed by atoms with Crippen molar-refractivity contribution in [2.45, 2.75) is 45.4 Å². The number of nitrogens with zero attached hydrogens (tertiary/aromatic N) is 4. The number of aryl methyl sites for hydroxylation is 1. The maximum atomic E-state index is 11.7. The van der Waals surface area contributed by atoms with Crippen LogP contribution in [0, 0.1) is 0 Å². The van der Waals surface area contributed by atoms with Gasteiger partial charge in [-0.15, -0.1) is 5.10 Å². The van der Waals surface area contributed by atoms with Crippen molar-refractivity contribution in [2.24, 2.45) is 0 Å². The van der Waals surface area contributed by atoms with E-state index in [1.165, 1.54) is 0 Å². The van der Waals surface area contributed by atoms with Crippen LogP contribution in [0.5, 0.6) is 0 Å². The second-order valence-corrected chi connectivity index (χ2v) is 5.30. The lowest BCUT2D eigenvalue weighted by atomic mass is 10.0. The minimum Gasteiger partial charge on any atom is -0.478 e. The molecule has 1 aliphatic rings. The normalized spacial score (nSPS) is 14.4. The Labute approximate surface area is 122 Å². The number of aromatic nitrogens is 4. The van der Waals surface area contributed by atoms with Gasteiger partial charge in [0.15, 0.2) is 5.82 Å². The number of hydrogen-bond acceptors (Lipinski definition) is 4.